The number of nitrogens with zero attached hydrogens (tertiary/aromatic N) is 2. The maximum absolute atomic E-state index is 10.0. The number of unbranched alkanes of at least 4 members (excludes halogenated alkanes) is 23. The Morgan fingerprint density at radius 1 is 0.379 bits per heavy atom. The Bertz CT molecular complexity index is 1090. The molecule has 58 heavy (non-hydrogen) atoms. The summed E-state index contributed by atoms with van der Waals surface area (Å²) in [6.07, 6.45) is 33.7. The van der Waals surface area contributed by atoms with Crippen LogP contribution in [0.25, 0.3) is 0 Å². The molecule has 0 fully saturated rings. The van der Waals surface area contributed by atoms with Gasteiger partial charge in [-0.1, -0.05) is 203 Å². The maximum atomic E-state index is 10.0. The topological polar surface area (TPSA) is 80.3 Å². The Labute approximate surface area is 359 Å². The predicted octanol–water partition coefficient (Wildman–Crippen LogP) is 12.0. The summed E-state index contributed by atoms with van der Waals surface area (Å²) in [6.45, 7) is 9.48. The molecule has 334 valence electrons. The molecular weight excluding hydrogens is 717 g/mol. The summed E-state index contributed by atoms with van der Waals surface area (Å²) in [7, 11) is 9.45. The van der Waals surface area contributed by atoms with Gasteiger partial charge in [-0.05, 0) is 51.4 Å². The third-order valence-electron chi connectivity index (χ3n) is 11.2. The van der Waals surface area contributed by atoms with Gasteiger partial charge in [-0.3, -0.25) is 0 Å². The summed E-state index contributed by atoms with van der Waals surface area (Å²) in [5.74, 6) is -2.00. The van der Waals surface area contributed by atoms with E-state index in [1.54, 1.807) is 0 Å². The van der Waals surface area contributed by atoms with Gasteiger partial charge in [0.15, 0.2) is 0 Å². The van der Waals surface area contributed by atoms with Crippen molar-refractivity contribution in [3.8, 4) is 0 Å². The van der Waals surface area contributed by atoms with Crippen LogP contribution in [0.4, 0.5) is 0 Å². The molecule has 6 heteroatoms. The molecule has 2 aromatic rings. The zero-order valence-corrected chi connectivity index (χ0v) is 38.9. The molecular formula is C52H92N2O4. The van der Waals surface area contributed by atoms with Crippen LogP contribution in [-0.2, 0) is 22.7 Å². The molecule has 2 rings (SSSR count). The first-order valence-corrected chi connectivity index (χ1v) is 24.0. The summed E-state index contributed by atoms with van der Waals surface area (Å²) in [6, 6.07) is 21.8. The Morgan fingerprint density at radius 2 is 0.621 bits per heavy atom. The molecule has 0 bridgehead atoms. The number of carbonyl (C=O) groups is 2. The van der Waals surface area contributed by atoms with Gasteiger partial charge in [0.1, 0.15) is 13.1 Å². The van der Waals surface area contributed by atoms with Crippen LogP contribution in [-0.4, -0.2) is 62.2 Å². The molecule has 0 spiro atoms. The lowest BCUT2D eigenvalue weighted by atomic mass is 10.1. The van der Waals surface area contributed by atoms with Crippen LogP contribution < -0.4 is 10.2 Å². The molecule has 0 amide bonds. The first-order chi connectivity index (χ1) is 27.9. The highest BCUT2D eigenvalue weighted by atomic mass is 16.4. The van der Waals surface area contributed by atoms with Crippen LogP contribution in [0.1, 0.15) is 205 Å². The van der Waals surface area contributed by atoms with E-state index in [4.69, 9.17) is 0 Å². The average molecular weight is 809 g/mol. The Kier molecular flexibility index (Phi) is 36.7. The number of quaternary nitrogens is 2. The van der Waals surface area contributed by atoms with Gasteiger partial charge in [0.2, 0.25) is 0 Å². The molecule has 0 heterocycles. The molecule has 0 aliphatic rings. The summed E-state index contributed by atoms with van der Waals surface area (Å²) in [4.78, 5) is 20.1. The number of hydrogen-bond acceptors (Lipinski definition) is 4. The molecule has 0 atom stereocenters. The third-order valence-corrected chi connectivity index (χ3v) is 11.2. The van der Waals surface area contributed by atoms with Crippen molar-refractivity contribution in [2.45, 2.75) is 207 Å². The Morgan fingerprint density at radius 3 is 0.879 bits per heavy atom. The lowest BCUT2D eigenvalue weighted by molar-refractivity contribution is -0.903. The monoisotopic (exact) mass is 809 g/mol. The first-order valence-electron chi connectivity index (χ1n) is 24.0. The van der Waals surface area contributed by atoms with E-state index in [-0.39, 0.29) is 12.8 Å². The molecule has 0 saturated heterocycles. The smallest absolute Gasteiger partial charge is 0.104 e. The highest BCUT2D eigenvalue weighted by Crippen LogP contribution is 2.16. The van der Waals surface area contributed by atoms with Crippen molar-refractivity contribution >= 4 is 11.9 Å². The van der Waals surface area contributed by atoms with Crippen molar-refractivity contribution < 1.29 is 28.8 Å². The SMILES string of the molecule is CCCCCCCCCCCC[N+](C)(C)Cc1ccccc1.CCCCCCCCCCCC[N+](C)(C)Cc1ccccc1.O=C([O-])CCCCCCCCC(=O)[O-]. The number of benzene rings is 2. The number of carboxylic acids is 2. The molecule has 0 radical (unpaired) electrons. The predicted molar refractivity (Wildman–Crippen MR) is 245 cm³/mol. The van der Waals surface area contributed by atoms with Gasteiger partial charge in [0.25, 0.3) is 0 Å². The fourth-order valence-electron chi connectivity index (χ4n) is 7.61. The van der Waals surface area contributed by atoms with E-state index in [9.17, 15) is 19.8 Å². The van der Waals surface area contributed by atoms with Crippen molar-refractivity contribution in [3.63, 3.8) is 0 Å². The van der Waals surface area contributed by atoms with Crippen molar-refractivity contribution in [2.75, 3.05) is 41.3 Å². The second-order valence-electron chi connectivity index (χ2n) is 18.3. The van der Waals surface area contributed by atoms with Gasteiger partial charge in [0.05, 0.1) is 41.3 Å². The molecule has 0 aromatic heterocycles. The van der Waals surface area contributed by atoms with Crippen molar-refractivity contribution in [2.24, 2.45) is 0 Å². The minimum Gasteiger partial charge on any atom is -0.550 e. The second kappa shape index (κ2) is 38.5. The zero-order chi connectivity index (χ0) is 43.0. The number of hydrogen-bond donors (Lipinski definition) is 0. The van der Waals surface area contributed by atoms with Crippen LogP contribution in [0, 0.1) is 0 Å². The van der Waals surface area contributed by atoms with Crippen LogP contribution in [0.3, 0.4) is 0 Å². The first kappa shape index (κ1) is 55.3. The van der Waals surface area contributed by atoms with Crippen LogP contribution >= 0.6 is 0 Å². The number of aliphatic carboxylic acids is 2. The third kappa shape index (κ3) is 40.1. The van der Waals surface area contributed by atoms with Crippen LogP contribution in [0.5, 0.6) is 0 Å². The molecule has 0 N–H and O–H groups in total. The summed E-state index contributed by atoms with van der Waals surface area (Å²) in [5.41, 5.74) is 2.92. The van der Waals surface area contributed by atoms with E-state index < -0.39 is 11.9 Å². The molecule has 6 nitrogen and oxygen atoms in total. The lowest BCUT2D eigenvalue weighted by Gasteiger charge is -2.30. The van der Waals surface area contributed by atoms with Gasteiger partial charge in [-0.25, -0.2) is 0 Å². The van der Waals surface area contributed by atoms with Crippen LogP contribution in [0.2, 0.25) is 0 Å². The molecule has 0 aliphatic carbocycles. The fourth-order valence-corrected chi connectivity index (χ4v) is 7.61. The second-order valence-corrected chi connectivity index (χ2v) is 18.3. The lowest BCUT2D eigenvalue weighted by Crippen LogP contribution is -2.39. The number of carboxylic acid groups (broad SMARTS) is 2. The fraction of sp³-hybridized carbons (Fsp3) is 0.731. The quantitative estimate of drug-likeness (QED) is 0.0513. The average Bonchev–Trinajstić information content (AvgIpc) is 3.18. The maximum Gasteiger partial charge on any atom is 0.104 e. The van der Waals surface area contributed by atoms with Crippen molar-refractivity contribution in [1.29, 1.82) is 0 Å². The van der Waals surface area contributed by atoms with E-state index >= 15 is 0 Å². The summed E-state index contributed by atoms with van der Waals surface area (Å²) >= 11 is 0. The number of carbonyl (C=O) groups excluding carboxylic acids is 2. The normalized spacial score (nSPS) is 11.3. The minimum absolute atomic E-state index is 0.124. The molecule has 2 aromatic carbocycles. The van der Waals surface area contributed by atoms with Crippen molar-refractivity contribution in [1.82, 2.24) is 0 Å². The highest BCUT2D eigenvalue weighted by molar-refractivity contribution is 5.64. The van der Waals surface area contributed by atoms with Gasteiger partial charge in [-0.15, -0.1) is 0 Å². The summed E-state index contributed by atoms with van der Waals surface area (Å²) in [5, 5.41) is 20.1. The Balaban J connectivity index is 0.000000865. The molecule has 0 unspecified atom stereocenters. The molecule has 0 aliphatic heterocycles. The standard InChI is InChI=1S/2C21H38N.C10H18O4/c2*1-4-5-6-7-8-9-10-11-12-16-19-22(2,3)20-21-17-14-13-15-18-21;11-9(12)7-5-3-1-2-4-6-8-10(13)14/h2*13-15,17-18H,4-12,16,19-20H2,1-3H3;1-8H2,(H,11,12)(H,13,14)/q2*+1;/p-2. The van der Waals surface area contributed by atoms with Crippen LogP contribution in [0.15, 0.2) is 60.7 Å². The van der Waals surface area contributed by atoms with Gasteiger partial charge in [-0.2, -0.15) is 0 Å². The zero-order valence-electron chi connectivity index (χ0n) is 38.9. The Hall–Kier alpha value is -2.70. The van der Waals surface area contributed by atoms with E-state index in [1.165, 1.54) is 153 Å². The van der Waals surface area contributed by atoms with Crippen molar-refractivity contribution in [3.05, 3.63) is 71.8 Å². The van der Waals surface area contributed by atoms with E-state index in [0.29, 0.717) is 12.8 Å². The largest absolute Gasteiger partial charge is 0.550 e. The van der Waals surface area contributed by atoms with Gasteiger partial charge >= 0.3 is 0 Å². The highest BCUT2D eigenvalue weighted by Gasteiger charge is 2.16. The summed E-state index contributed by atoms with van der Waals surface area (Å²) < 4.78 is 2.22. The minimum atomic E-state index is -0.998. The number of rotatable bonds is 35. The van der Waals surface area contributed by atoms with E-state index in [1.807, 2.05) is 0 Å². The van der Waals surface area contributed by atoms with E-state index in [2.05, 4.69) is 103 Å². The van der Waals surface area contributed by atoms with Gasteiger partial charge < -0.3 is 28.8 Å². The van der Waals surface area contributed by atoms with E-state index in [0.717, 1.165) is 47.7 Å². The van der Waals surface area contributed by atoms with Gasteiger partial charge in [0, 0.05) is 23.1 Å². The molecule has 0 saturated carbocycles.